The summed E-state index contributed by atoms with van der Waals surface area (Å²) in [5.74, 6) is -0.489. The molecular formula is C13H15NO3. The first-order valence-electron chi connectivity index (χ1n) is 5.20. The number of nitrogens with zero attached hydrogens (tertiary/aromatic N) is 1. The van der Waals surface area contributed by atoms with Gasteiger partial charge in [0.15, 0.2) is 5.71 Å². The maximum absolute atomic E-state index is 10.9. The molecule has 1 aromatic rings. The quantitative estimate of drug-likeness (QED) is 0.339. The van der Waals surface area contributed by atoms with E-state index in [2.05, 4.69) is 9.89 Å². The van der Waals surface area contributed by atoms with Crippen molar-refractivity contribution < 1.29 is 14.4 Å². The van der Waals surface area contributed by atoms with E-state index in [0.29, 0.717) is 6.61 Å². The predicted octanol–water partition coefficient (Wildman–Crippen LogP) is 2.27. The fourth-order valence-electron chi connectivity index (χ4n) is 1.11. The number of carbonyl (C=O) groups is 1. The van der Waals surface area contributed by atoms with Crippen molar-refractivity contribution in [2.75, 3.05) is 13.7 Å². The minimum Gasteiger partial charge on any atom is -0.464 e. The standard InChI is InChI=1S/C13H15NO3/c1-11(13(15)16-2)14-17-10-6-9-12-7-4-3-5-8-12/h3-9H,10H2,1-2H3/b9-6+,14-11-. The monoisotopic (exact) mass is 233 g/mol. The zero-order chi connectivity index (χ0) is 12.5. The summed E-state index contributed by atoms with van der Waals surface area (Å²) in [6.07, 6.45) is 3.74. The molecule has 4 heteroatoms. The largest absolute Gasteiger partial charge is 0.464 e. The molecule has 0 spiro atoms. The first-order chi connectivity index (χ1) is 8.24. The summed E-state index contributed by atoms with van der Waals surface area (Å²) in [5.41, 5.74) is 1.28. The lowest BCUT2D eigenvalue weighted by Crippen LogP contribution is -2.12. The molecule has 1 aromatic carbocycles. The van der Waals surface area contributed by atoms with Crippen LogP contribution in [0.4, 0.5) is 0 Å². The zero-order valence-corrected chi connectivity index (χ0v) is 9.92. The van der Waals surface area contributed by atoms with Crippen LogP contribution in [0.15, 0.2) is 41.6 Å². The van der Waals surface area contributed by atoms with Crippen molar-refractivity contribution >= 4 is 17.8 Å². The van der Waals surface area contributed by atoms with Gasteiger partial charge in [-0.15, -0.1) is 0 Å². The van der Waals surface area contributed by atoms with Gasteiger partial charge in [0.2, 0.25) is 0 Å². The average Bonchev–Trinajstić information content (AvgIpc) is 2.38. The van der Waals surface area contributed by atoms with Gasteiger partial charge in [-0.3, -0.25) is 0 Å². The maximum atomic E-state index is 10.9. The minimum atomic E-state index is -0.489. The van der Waals surface area contributed by atoms with Gasteiger partial charge in [0, 0.05) is 0 Å². The molecule has 90 valence electrons. The molecule has 0 saturated heterocycles. The Morgan fingerprint density at radius 1 is 1.35 bits per heavy atom. The van der Waals surface area contributed by atoms with Gasteiger partial charge >= 0.3 is 5.97 Å². The highest BCUT2D eigenvalue weighted by atomic mass is 16.6. The molecule has 0 aromatic heterocycles. The van der Waals surface area contributed by atoms with Crippen LogP contribution in [0.25, 0.3) is 6.08 Å². The summed E-state index contributed by atoms with van der Waals surface area (Å²) in [7, 11) is 1.30. The van der Waals surface area contributed by atoms with Crippen LogP contribution in [-0.4, -0.2) is 25.4 Å². The number of benzene rings is 1. The van der Waals surface area contributed by atoms with E-state index in [-0.39, 0.29) is 5.71 Å². The lowest BCUT2D eigenvalue weighted by atomic mass is 10.2. The van der Waals surface area contributed by atoms with E-state index in [4.69, 9.17) is 4.84 Å². The second-order valence-corrected chi connectivity index (χ2v) is 3.28. The molecule has 0 heterocycles. The Kier molecular flexibility index (Phi) is 5.51. The lowest BCUT2D eigenvalue weighted by molar-refractivity contribution is -0.132. The second-order valence-electron chi connectivity index (χ2n) is 3.28. The zero-order valence-electron chi connectivity index (χ0n) is 9.92. The molecule has 0 aliphatic heterocycles. The Hall–Kier alpha value is -2.10. The Morgan fingerprint density at radius 2 is 2.06 bits per heavy atom. The van der Waals surface area contributed by atoms with Crippen LogP contribution in [0, 0.1) is 0 Å². The van der Waals surface area contributed by atoms with Gasteiger partial charge in [0.1, 0.15) is 6.61 Å². The fourth-order valence-corrected chi connectivity index (χ4v) is 1.11. The molecule has 0 amide bonds. The first kappa shape index (κ1) is 13.0. The summed E-state index contributed by atoms with van der Waals surface area (Å²) in [4.78, 5) is 15.9. The first-order valence-corrected chi connectivity index (χ1v) is 5.20. The van der Waals surface area contributed by atoms with Gasteiger partial charge in [-0.05, 0) is 18.6 Å². The molecular weight excluding hydrogens is 218 g/mol. The highest BCUT2D eigenvalue weighted by Crippen LogP contribution is 2.00. The average molecular weight is 233 g/mol. The van der Waals surface area contributed by atoms with E-state index >= 15 is 0 Å². The van der Waals surface area contributed by atoms with E-state index in [1.54, 1.807) is 0 Å². The van der Waals surface area contributed by atoms with Crippen LogP contribution in [0.3, 0.4) is 0 Å². The molecule has 4 nitrogen and oxygen atoms in total. The molecule has 1 rings (SSSR count). The van der Waals surface area contributed by atoms with Crippen molar-refractivity contribution in [1.82, 2.24) is 0 Å². The van der Waals surface area contributed by atoms with Gasteiger partial charge in [-0.1, -0.05) is 41.6 Å². The normalized spacial score (nSPS) is 11.5. The van der Waals surface area contributed by atoms with Crippen molar-refractivity contribution in [3.05, 3.63) is 42.0 Å². The Balaban J connectivity index is 2.34. The van der Waals surface area contributed by atoms with Crippen molar-refractivity contribution in [3.8, 4) is 0 Å². The Morgan fingerprint density at radius 3 is 2.71 bits per heavy atom. The molecule has 0 saturated carbocycles. The lowest BCUT2D eigenvalue weighted by Gasteiger charge is -1.97. The summed E-state index contributed by atoms with van der Waals surface area (Å²) >= 11 is 0. The molecule has 0 bridgehead atoms. The third-order valence-electron chi connectivity index (χ3n) is 1.96. The summed E-state index contributed by atoms with van der Waals surface area (Å²) in [5, 5.41) is 3.62. The predicted molar refractivity (Wildman–Crippen MR) is 66.6 cm³/mol. The second kappa shape index (κ2) is 7.22. The van der Waals surface area contributed by atoms with E-state index in [1.165, 1.54) is 14.0 Å². The van der Waals surface area contributed by atoms with Gasteiger partial charge in [-0.2, -0.15) is 0 Å². The molecule has 17 heavy (non-hydrogen) atoms. The van der Waals surface area contributed by atoms with Crippen molar-refractivity contribution in [1.29, 1.82) is 0 Å². The van der Waals surface area contributed by atoms with Gasteiger partial charge < -0.3 is 9.57 Å². The maximum Gasteiger partial charge on any atom is 0.355 e. The molecule has 0 atom stereocenters. The molecule has 0 fully saturated rings. The van der Waals surface area contributed by atoms with Crippen LogP contribution in [0.2, 0.25) is 0 Å². The number of methoxy groups -OCH3 is 1. The van der Waals surface area contributed by atoms with E-state index in [1.807, 2.05) is 42.5 Å². The van der Waals surface area contributed by atoms with Crippen LogP contribution in [0.5, 0.6) is 0 Å². The number of esters is 1. The molecule has 0 N–H and O–H groups in total. The van der Waals surface area contributed by atoms with Crippen LogP contribution < -0.4 is 0 Å². The number of hydrogen-bond acceptors (Lipinski definition) is 4. The Bertz CT molecular complexity index is 410. The third kappa shape index (κ3) is 4.97. The van der Waals surface area contributed by atoms with Gasteiger partial charge in [-0.25, -0.2) is 4.79 Å². The third-order valence-corrected chi connectivity index (χ3v) is 1.96. The molecule has 0 radical (unpaired) electrons. The van der Waals surface area contributed by atoms with Crippen molar-refractivity contribution in [2.45, 2.75) is 6.92 Å². The molecule has 0 unspecified atom stereocenters. The highest BCUT2D eigenvalue weighted by Gasteiger charge is 2.04. The van der Waals surface area contributed by atoms with Gasteiger partial charge in [0.05, 0.1) is 7.11 Å². The molecule has 0 aliphatic rings. The number of carbonyl (C=O) groups excluding carboxylic acids is 1. The van der Waals surface area contributed by atoms with Crippen molar-refractivity contribution in [2.24, 2.45) is 5.16 Å². The van der Waals surface area contributed by atoms with Crippen molar-refractivity contribution in [3.63, 3.8) is 0 Å². The summed E-state index contributed by atoms with van der Waals surface area (Å²) in [6.45, 7) is 1.84. The number of hydrogen-bond donors (Lipinski definition) is 0. The van der Waals surface area contributed by atoms with E-state index in [9.17, 15) is 4.79 Å². The Labute approximate surface area is 101 Å². The van der Waals surface area contributed by atoms with Crippen LogP contribution in [0.1, 0.15) is 12.5 Å². The molecule has 0 aliphatic carbocycles. The number of rotatable bonds is 5. The van der Waals surface area contributed by atoms with Crippen LogP contribution in [-0.2, 0) is 14.4 Å². The van der Waals surface area contributed by atoms with Crippen LogP contribution >= 0.6 is 0 Å². The number of oxime groups is 1. The van der Waals surface area contributed by atoms with Gasteiger partial charge in [0.25, 0.3) is 0 Å². The smallest absolute Gasteiger partial charge is 0.355 e. The fraction of sp³-hybridized carbons (Fsp3) is 0.231. The van der Waals surface area contributed by atoms with E-state index < -0.39 is 5.97 Å². The number of ether oxygens (including phenoxy) is 1. The minimum absolute atomic E-state index is 0.195. The highest BCUT2D eigenvalue weighted by molar-refractivity contribution is 6.35. The topological polar surface area (TPSA) is 47.9 Å². The SMILES string of the molecule is COC(=O)/C(C)=N\OC/C=C/c1ccccc1. The van der Waals surface area contributed by atoms with E-state index in [0.717, 1.165) is 5.56 Å². The summed E-state index contributed by atoms with van der Waals surface area (Å²) < 4.78 is 4.47. The summed E-state index contributed by atoms with van der Waals surface area (Å²) in [6, 6.07) is 9.84.